The highest BCUT2D eigenvalue weighted by molar-refractivity contribution is 5.78. The maximum atomic E-state index is 11.3. The van der Waals surface area contributed by atoms with E-state index in [2.05, 4.69) is 6.92 Å². The molecular weight excluding hydrogens is 168 g/mol. The highest BCUT2D eigenvalue weighted by Crippen LogP contribution is 2.06. The molecular formula is C9H14N2O2. The van der Waals surface area contributed by atoms with Crippen LogP contribution in [0.1, 0.15) is 19.8 Å². The fourth-order valence-electron chi connectivity index (χ4n) is 1.26. The molecule has 1 fully saturated rings. The molecule has 0 spiro atoms. The highest BCUT2D eigenvalue weighted by atomic mass is 16.5. The molecule has 0 radical (unpaired) electrons. The first-order valence-electron chi connectivity index (χ1n) is 4.57. The number of nitrogens with zero attached hydrogens (tertiary/aromatic N) is 2. The van der Waals surface area contributed by atoms with Gasteiger partial charge < -0.3 is 9.64 Å². The van der Waals surface area contributed by atoms with E-state index in [-0.39, 0.29) is 12.5 Å². The zero-order chi connectivity index (χ0) is 9.68. The molecule has 0 bridgehead atoms. The van der Waals surface area contributed by atoms with E-state index in [0.717, 1.165) is 19.4 Å². The Kier molecular flexibility index (Phi) is 3.71. The maximum Gasteiger partial charge on any atom is 0.248 e. The lowest BCUT2D eigenvalue weighted by Gasteiger charge is -2.29. The van der Waals surface area contributed by atoms with Crippen LogP contribution in [0.3, 0.4) is 0 Å². The molecule has 1 rings (SSSR count). The van der Waals surface area contributed by atoms with Crippen molar-refractivity contribution in [1.29, 1.82) is 5.26 Å². The van der Waals surface area contributed by atoms with Gasteiger partial charge in [0.2, 0.25) is 5.91 Å². The number of ether oxygens (including phenoxy) is 1. The van der Waals surface area contributed by atoms with E-state index >= 15 is 0 Å². The lowest BCUT2D eigenvalue weighted by molar-refractivity contribution is -0.145. The van der Waals surface area contributed by atoms with Crippen molar-refractivity contribution in [2.45, 2.75) is 25.9 Å². The number of nitriles is 1. The van der Waals surface area contributed by atoms with Gasteiger partial charge in [-0.25, -0.2) is 0 Å². The topological polar surface area (TPSA) is 53.3 Å². The SMILES string of the molecule is CCCCN1CC(C#N)OCC1=O. The summed E-state index contributed by atoms with van der Waals surface area (Å²) in [5, 5.41) is 8.61. The Hall–Kier alpha value is -1.08. The van der Waals surface area contributed by atoms with Gasteiger partial charge in [-0.2, -0.15) is 5.26 Å². The number of carbonyl (C=O) groups excluding carboxylic acids is 1. The summed E-state index contributed by atoms with van der Waals surface area (Å²) in [4.78, 5) is 13.0. The molecule has 0 aromatic heterocycles. The Labute approximate surface area is 78.1 Å². The third-order valence-electron chi connectivity index (χ3n) is 2.07. The molecule has 0 aromatic carbocycles. The molecule has 1 unspecified atom stereocenters. The largest absolute Gasteiger partial charge is 0.352 e. The van der Waals surface area contributed by atoms with Crippen LogP contribution < -0.4 is 0 Å². The molecule has 1 aliphatic heterocycles. The quantitative estimate of drug-likeness (QED) is 0.640. The first kappa shape index (κ1) is 10.0. The second-order valence-corrected chi connectivity index (χ2v) is 3.12. The van der Waals surface area contributed by atoms with Gasteiger partial charge in [-0.1, -0.05) is 13.3 Å². The Balaban J connectivity index is 2.41. The van der Waals surface area contributed by atoms with E-state index in [9.17, 15) is 4.79 Å². The van der Waals surface area contributed by atoms with E-state index in [4.69, 9.17) is 10.00 Å². The second-order valence-electron chi connectivity index (χ2n) is 3.12. The van der Waals surface area contributed by atoms with Gasteiger partial charge in [0.05, 0.1) is 12.6 Å². The Morgan fingerprint density at radius 1 is 1.77 bits per heavy atom. The van der Waals surface area contributed by atoms with Crippen molar-refractivity contribution in [2.24, 2.45) is 0 Å². The predicted octanol–water partition coefficient (Wildman–Crippen LogP) is 0.537. The summed E-state index contributed by atoms with van der Waals surface area (Å²) in [6, 6.07) is 2.01. The van der Waals surface area contributed by atoms with Crippen LogP contribution in [0.4, 0.5) is 0 Å². The summed E-state index contributed by atoms with van der Waals surface area (Å²) in [7, 11) is 0. The van der Waals surface area contributed by atoms with Crippen LogP contribution in [0.25, 0.3) is 0 Å². The number of unbranched alkanes of at least 4 members (excludes halogenated alkanes) is 1. The monoisotopic (exact) mass is 182 g/mol. The van der Waals surface area contributed by atoms with Crippen molar-refractivity contribution >= 4 is 5.91 Å². The summed E-state index contributed by atoms with van der Waals surface area (Å²) in [6.07, 6.45) is 1.61. The molecule has 1 heterocycles. The van der Waals surface area contributed by atoms with Gasteiger partial charge in [0, 0.05) is 6.54 Å². The minimum Gasteiger partial charge on any atom is -0.352 e. The van der Waals surface area contributed by atoms with Crippen molar-refractivity contribution in [3.63, 3.8) is 0 Å². The molecule has 0 aromatic rings. The molecule has 72 valence electrons. The summed E-state index contributed by atoms with van der Waals surface area (Å²) in [5.41, 5.74) is 0. The zero-order valence-electron chi connectivity index (χ0n) is 7.82. The molecule has 1 atom stereocenters. The number of hydrogen-bond donors (Lipinski definition) is 0. The zero-order valence-corrected chi connectivity index (χ0v) is 7.82. The molecule has 0 aliphatic carbocycles. The summed E-state index contributed by atoms with van der Waals surface area (Å²) in [6.45, 7) is 3.31. The minimum atomic E-state index is -0.436. The first-order chi connectivity index (χ1) is 6.27. The molecule has 1 aliphatic rings. The average Bonchev–Trinajstić information content (AvgIpc) is 2.17. The second kappa shape index (κ2) is 4.83. The molecule has 13 heavy (non-hydrogen) atoms. The van der Waals surface area contributed by atoms with Crippen LogP contribution in [0.15, 0.2) is 0 Å². The average molecular weight is 182 g/mol. The summed E-state index contributed by atoms with van der Waals surface area (Å²) in [5.74, 6) is -0.0000463. The number of hydrogen-bond acceptors (Lipinski definition) is 3. The smallest absolute Gasteiger partial charge is 0.248 e. The van der Waals surface area contributed by atoms with Crippen molar-refractivity contribution < 1.29 is 9.53 Å². The Morgan fingerprint density at radius 2 is 2.54 bits per heavy atom. The number of amides is 1. The molecule has 1 amide bonds. The lowest BCUT2D eigenvalue weighted by atomic mass is 10.2. The predicted molar refractivity (Wildman–Crippen MR) is 46.8 cm³/mol. The van der Waals surface area contributed by atoms with Gasteiger partial charge in [-0.3, -0.25) is 4.79 Å². The van der Waals surface area contributed by atoms with Crippen LogP contribution in [-0.4, -0.2) is 36.6 Å². The summed E-state index contributed by atoms with van der Waals surface area (Å²) >= 11 is 0. The van der Waals surface area contributed by atoms with Gasteiger partial charge in [0.15, 0.2) is 6.10 Å². The maximum absolute atomic E-state index is 11.3. The van der Waals surface area contributed by atoms with E-state index in [1.165, 1.54) is 0 Å². The van der Waals surface area contributed by atoms with Crippen molar-refractivity contribution in [2.75, 3.05) is 19.7 Å². The van der Waals surface area contributed by atoms with E-state index in [1.807, 2.05) is 6.07 Å². The van der Waals surface area contributed by atoms with Crippen LogP contribution in [0.2, 0.25) is 0 Å². The van der Waals surface area contributed by atoms with E-state index < -0.39 is 6.10 Å². The van der Waals surface area contributed by atoms with Crippen LogP contribution in [0, 0.1) is 11.3 Å². The number of rotatable bonds is 3. The Bertz CT molecular complexity index is 222. The first-order valence-corrected chi connectivity index (χ1v) is 4.57. The lowest BCUT2D eigenvalue weighted by Crippen LogP contribution is -2.46. The molecule has 1 saturated heterocycles. The molecule has 0 N–H and O–H groups in total. The van der Waals surface area contributed by atoms with Gasteiger partial charge >= 0.3 is 0 Å². The fraction of sp³-hybridized carbons (Fsp3) is 0.778. The van der Waals surface area contributed by atoms with Crippen LogP contribution in [-0.2, 0) is 9.53 Å². The van der Waals surface area contributed by atoms with Crippen LogP contribution >= 0.6 is 0 Å². The summed E-state index contributed by atoms with van der Waals surface area (Å²) < 4.78 is 5.00. The standard InChI is InChI=1S/C9H14N2O2/c1-2-3-4-11-6-8(5-10)13-7-9(11)12/h8H,2-4,6-7H2,1H3. The van der Waals surface area contributed by atoms with E-state index in [0.29, 0.717) is 6.54 Å². The van der Waals surface area contributed by atoms with Crippen molar-refractivity contribution in [1.82, 2.24) is 4.90 Å². The van der Waals surface area contributed by atoms with Gasteiger partial charge in [-0.15, -0.1) is 0 Å². The van der Waals surface area contributed by atoms with Gasteiger partial charge in [-0.05, 0) is 6.42 Å². The third kappa shape index (κ3) is 2.71. The van der Waals surface area contributed by atoms with E-state index in [1.54, 1.807) is 4.90 Å². The molecule has 0 saturated carbocycles. The fourth-order valence-corrected chi connectivity index (χ4v) is 1.26. The molecule has 4 nitrogen and oxygen atoms in total. The minimum absolute atomic E-state index is 0.0000463. The number of carbonyl (C=O) groups is 1. The van der Waals surface area contributed by atoms with Crippen molar-refractivity contribution in [3.05, 3.63) is 0 Å². The highest BCUT2D eigenvalue weighted by Gasteiger charge is 2.25. The molecule has 4 heteroatoms. The van der Waals surface area contributed by atoms with Crippen molar-refractivity contribution in [3.8, 4) is 6.07 Å². The van der Waals surface area contributed by atoms with Gasteiger partial charge in [0.25, 0.3) is 0 Å². The Morgan fingerprint density at radius 3 is 3.15 bits per heavy atom. The van der Waals surface area contributed by atoms with Gasteiger partial charge in [0.1, 0.15) is 6.61 Å². The van der Waals surface area contributed by atoms with Crippen LogP contribution in [0.5, 0.6) is 0 Å². The third-order valence-corrected chi connectivity index (χ3v) is 2.07. The number of morpholine rings is 1. The normalized spacial score (nSPS) is 22.9.